The lowest BCUT2D eigenvalue weighted by molar-refractivity contribution is -0.0237. The van der Waals surface area contributed by atoms with Crippen molar-refractivity contribution in [2.75, 3.05) is 7.11 Å². The Kier molecular flexibility index (Phi) is 5.11. The fourth-order valence-electron chi connectivity index (χ4n) is 3.01. The van der Waals surface area contributed by atoms with Crippen molar-refractivity contribution >= 4 is 0 Å². The van der Waals surface area contributed by atoms with E-state index in [4.69, 9.17) is 4.74 Å². The maximum atomic E-state index is 5.71. The second-order valence-corrected chi connectivity index (χ2v) is 5.64. The number of hydrogen-bond donors (Lipinski definition) is 0. The zero-order chi connectivity index (χ0) is 11.4. The summed E-state index contributed by atoms with van der Waals surface area (Å²) in [5, 5.41) is 0. The molecule has 1 aliphatic carbocycles. The first-order valence-electron chi connectivity index (χ1n) is 6.62. The second-order valence-electron chi connectivity index (χ2n) is 5.64. The smallest absolute Gasteiger partial charge is 0.0604 e. The molecule has 1 rings (SSSR count). The van der Waals surface area contributed by atoms with Crippen LogP contribution in [0.1, 0.15) is 53.4 Å². The summed E-state index contributed by atoms with van der Waals surface area (Å²) in [6.45, 7) is 9.38. The van der Waals surface area contributed by atoms with Crippen molar-refractivity contribution in [2.45, 2.75) is 59.5 Å². The fourth-order valence-corrected chi connectivity index (χ4v) is 3.01. The molecule has 0 heterocycles. The monoisotopic (exact) mass is 212 g/mol. The van der Waals surface area contributed by atoms with Crippen molar-refractivity contribution < 1.29 is 4.74 Å². The zero-order valence-electron chi connectivity index (χ0n) is 11.1. The molecule has 0 N–H and O–H groups in total. The lowest BCUT2D eigenvalue weighted by atomic mass is 9.71. The van der Waals surface area contributed by atoms with Gasteiger partial charge in [0.05, 0.1) is 6.10 Å². The van der Waals surface area contributed by atoms with Gasteiger partial charge >= 0.3 is 0 Å². The quantitative estimate of drug-likeness (QED) is 0.681. The highest BCUT2D eigenvalue weighted by Crippen LogP contribution is 2.39. The van der Waals surface area contributed by atoms with E-state index >= 15 is 0 Å². The number of ether oxygens (including phenoxy) is 1. The van der Waals surface area contributed by atoms with Gasteiger partial charge in [-0.1, -0.05) is 34.1 Å². The molecule has 90 valence electrons. The first-order valence-corrected chi connectivity index (χ1v) is 6.62. The van der Waals surface area contributed by atoms with E-state index in [9.17, 15) is 0 Å². The topological polar surface area (TPSA) is 9.23 Å². The van der Waals surface area contributed by atoms with Crippen LogP contribution >= 0.6 is 0 Å². The predicted molar refractivity (Wildman–Crippen MR) is 65.9 cm³/mol. The molecule has 0 saturated heterocycles. The SMILES string of the molecule is CCC(C)C1CCC(C(C)C)CC1OC. The van der Waals surface area contributed by atoms with Crippen LogP contribution in [0.2, 0.25) is 0 Å². The van der Waals surface area contributed by atoms with Crippen LogP contribution in [0.25, 0.3) is 0 Å². The molecule has 0 aromatic heterocycles. The Morgan fingerprint density at radius 3 is 2.33 bits per heavy atom. The van der Waals surface area contributed by atoms with E-state index in [-0.39, 0.29) is 0 Å². The maximum Gasteiger partial charge on any atom is 0.0604 e. The molecule has 0 aromatic rings. The Morgan fingerprint density at radius 2 is 1.87 bits per heavy atom. The van der Waals surface area contributed by atoms with Gasteiger partial charge in [-0.05, 0) is 42.9 Å². The summed E-state index contributed by atoms with van der Waals surface area (Å²) in [7, 11) is 1.89. The number of rotatable bonds is 4. The van der Waals surface area contributed by atoms with Crippen LogP contribution in [0, 0.1) is 23.7 Å². The van der Waals surface area contributed by atoms with E-state index < -0.39 is 0 Å². The molecule has 0 aliphatic heterocycles. The van der Waals surface area contributed by atoms with Gasteiger partial charge < -0.3 is 4.74 Å². The summed E-state index contributed by atoms with van der Waals surface area (Å²) in [4.78, 5) is 0. The van der Waals surface area contributed by atoms with Crippen molar-refractivity contribution in [3.63, 3.8) is 0 Å². The average Bonchev–Trinajstić information content (AvgIpc) is 2.27. The molecule has 0 radical (unpaired) electrons. The van der Waals surface area contributed by atoms with Crippen LogP contribution in [0.5, 0.6) is 0 Å². The van der Waals surface area contributed by atoms with Gasteiger partial charge in [0, 0.05) is 7.11 Å². The molecule has 1 aliphatic rings. The van der Waals surface area contributed by atoms with Gasteiger partial charge in [-0.15, -0.1) is 0 Å². The minimum Gasteiger partial charge on any atom is -0.381 e. The average molecular weight is 212 g/mol. The van der Waals surface area contributed by atoms with Crippen molar-refractivity contribution in [3.8, 4) is 0 Å². The van der Waals surface area contributed by atoms with Gasteiger partial charge in [-0.2, -0.15) is 0 Å². The third-order valence-electron chi connectivity index (χ3n) is 4.50. The second kappa shape index (κ2) is 5.89. The summed E-state index contributed by atoms with van der Waals surface area (Å²) >= 11 is 0. The van der Waals surface area contributed by atoms with Crippen molar-refractivity contribution in [3.05, 3.63) is 0 Å². The Hall–Kier alpha value is -0.0400. The summed E-state index contributed by atoms with van der Waals surface area (Å²) in [5.41, 5.74) is 0. The Bertz CT molecular complexity index is 176. The van der Waals surface area contributed by atoms with Crippen molar-refractivity contribution in [2.24, 2.45) is 23.7 Å². The van der Waals surface area contributed by atoms with Gasteiger partial charge in [0.1, 0.15) is 0 Å². The molecule has 1 fully saturated rings. The van der Waals surface area contributed by atoms with E-state index in [0.717, 1.165) is 23.7 Å². The van der Waals surface area contributed by atoms with Crippen LogP contribution in [0.15, 0.2) is 0 Å². The third-order valence-corrected chi connectivity index (χ3v) is 4.50. The Labute approximate surface area is 95.6 Å². The minimum atomic E-state index is 0.515. The van der Waals surface area contributed by atoms with E-state index in [2.05, 4.69) is 27.7 Å². The molecular formula is C14H28O. The lowest BCUT2D eigenvalue weighted by Gasteiger charge is -2.39. The molecule has 1 nitrogen and oxygen atoms in total. The van der Waals surface area contributed by atoms with Gasteiger partial charge in [-0.25, -0.2) is 0 Å². The van der Waals surface area contributed by atoms with Gasteiger partial charge in [-0.3, -0.25) is 0 Å². The van der Waals surface area contributed by atoms with Crippen LogP contribution in [0.3, 0.4) is 0 Å². The summed E-state index contributed by atoms with van der Waals surface area (Å²) < 4.78 is 5.71. The largest absolute Gasteiger partial charge is 0.381 e. The molecule has 4 atom stereocenters. The summed E-state index contributed by atoms with van der Waals surface area (Å²) in [6.07, 6.45) is 5.87. The normalized spacial score (nSPS) is 34.4. The van der Waals surface area contributed by atoms with E-state index in [1.54, 1.807) is 0 Å². The molecule has 4 unspecified atom stereocenters. The van der Waals surface area contributed by atoms with Crippen molar-refractivity contribution in [1.82, 2.24) is 0 Å². The van der Waals surface area contributed by atoms with Gasteiger partial charge in [0.15, 0.2) is 0 Å². The highest BCUT2D eigenvalue weighted by Gasteiger charge is 2.34. The van der Waals surface area contributed by atoms with Crippen LogP contribution in [-0.4, -0.2) is 13.2 Å². The fraction of sp³-hybridized carbons (Fsp3) is 1.00. The number of methoxy groups -OCH3 is 1. The van der Waals surface area contributed by atoms with E-state index in [1.807, 2.05) is 7.11 Å². The molecule has 0 spiro atoms. The first kappa shape index (κ1) is 13.0. The molecular weight excluding hydrogens is 184 g/mol. The van der Waals surface area contributed by atoms with E-state index in [0.29, 0.717) is 6.10 Å². The first-order chi connectivity index (χ1) is 7.10. The highest BCUT2D eigenvalue weighted by molar-refractivity contribution is 4.84. The maximum absolute atomic E-state index is 5.71. The minimum absolute atomic E-state index is 0.515. The molecule has 0 bridgehead atoms. The van der Waals surface area contributed by atoms with Crippen LogP contribution in [-0.2, 0) is 4.74 Å². The Balaban J connectivity index is 2.56. The molecule has 0 aromatic carbocycles. The standard InChI is InChI=1S/C14H28O/c1-6-11(4)13-8-7-12(10(2)3)9-14(13)15-5/h10-14H,6-9H2,1-5H3. The third kappa shape index (κ3) is 3.21. The predicted octanol–water partition coefficient (Wildman–Crippen LogP) is 4.12. The highest BCUT2D eigenvalue weighted by atomic mass is 16.5. The molecule has 1 saturated carbocycles. The van der Waals surface area contributed by atoms with Crippen LogP contribution < -0.4 is 0 Å². The number of hydrogen-bond acceptors (Lipinski definition) is 1. The zero-order valence-corrected chi connectivity index (χ0v) is 11.1. The lowest BCUT2D eigenvalue weighted by Crippen LogP contribution is -2.36. The van der Waals surface area contributed by atoms with Crippen LogP contribution in [0.4, 0.5) is 0 Å². The van der Waals surface area contributed by atoms with E-state index in [1.165, 1.54) is 25.7 Å². The van der Waals surface area contributed by atoms with Crippen molar-refractivity contribution in [1.29, 1.82) is 0 Å². The van der Waals surface area contributed by atoms with Gasteiger partial charge in [0.25, 0.3) is 0 Å². The molecule has 1 heteroatoms. The summed E-state index contributed by atoms with van der Waals surface area (Å²) in [6, 6.07) is 0. The molecule has 0 amide bonds. The van der Waals surface area contributed by atoms with Gasteiger partial charge in [0.2, 0.25) is 0 Å². The summed E-state index contributed by atoms with van der Waals surface area (Å²) in [5.74, 6) is 3.33. The Morgan fingerprint density at radius 1 is 1.20 bits per heavy atom. The molecule has 15 heavy (non-hydrogen) atoms.